The molecule has 0 spiro atoms. The highest BCUT2D eigenvalue weighted by Crippen LogP contribution is 2.26. The number of aliphatic imine (C=N–C) groups is 1. The second kappa shape index (κ2) is 8.96. The van der Waals surface area contributed by atoms with Gasteiger partial charge in [-0.2, -0.15) is 0 Å². The van der Waals surface area contributed by atoms with Crippen molar-refractivity contribution in [2.24, 2.45) is 4.99 Å². The van der Waals surface area contributed by atoms with E-state index < -0.39 is 5.60 Å². The molecule has 0 radical (unpaired) electrons. The normalized spacial score (nSPS) is 13.9. The van der Waals surface area contributed by atoms with Crippen LogP contribution in [0.3, 0.4) is 0 Å². The van der Waals surface area contributed by atoms with Crippen LogP contribution in [0.4, 0.5) is 0 Å². The molecule has 0 fully saturated rings. The molecule has 3 aromatic rings. The Kier molecular flexibility index (Phi) is 6.39. The number of rotatable bonds is 7. The highest BCUT2D eigenvalue weighted by Gasteiger charge is 2.27. The molecule has 2 heterocycles. The Morgan fingerprint density at radius 1 is 1.24 bits per heavy atom. The van der Waals surface area contributed by atoms with Gasteiger partial charge in [0.15, 0.2) is 5.96 Å². The van der Waals surface area contributed by atoms with E-state index in [2.05, 4.69) is 25.6 Å². The second-order valence-electron chi connectivity index (χ2n) is 7.26. The van der Waals surface area contributed by atoms with Crippen LogP contribution in [0.5, 0.6) is 0 Å². The Labute approximate surface area is 171 Å². The van der Waals surface area contributed by atoms with E-state index in [1.165, 1.54) is 0 Å². The smallest absolute Gasteiger partial charge is 0.191 e. The van der Waals surface area contributed by atoms with Gasteiger partial charge in [-0.1, -0.05) is 30.3 Å². The van der Waals surface area contributed by atoms with Gasteiger partial charge in [0.25, 0.3) is 0 Å². The van der Waals surface area contributed by atoms with Crippen molar-refractivity contribution in [3.63, 3.8) is 0 Å². The van der Waals surface area contributed by atoms with Crippen LogP contribution in [0, 0.1) is 13.8 Å². The molecule has 154 valence electrons. The SMILES string of the molecule is CCNC(=NCc1ncc(-c2ccccc2)[nH]1)NCC(C)(O)c1cc(C)oc1C. The van der Waals surface area contributed by atoms with Crippen LogP contribution in [-0.2, 0) is 12.1 Å². The summed E-state index contributed by atoms with van der Waals surface area (Å²) in [4.78, 5) is 12.3. The van der Waals surface area contributed by atoms with Crippen molar-refractivity contribution >= 4 is 5.96 Å². The lowest BCUT2D eigenvalue weighted by Gasteiger charge is -2.24. The number of hydrogen-bond acceptors (Lipinski definition) is 4. The summed E-state index contributed by atoms with van der Waals surface area (Å²) in [6.45, 7) is 8.90. The van der Waals surface area contributed by atoms with E-state index in [9.17, 15) is 5.11 Å². The molecule has 0 saturated heterocycles. The summed E-state index contributed by atoms with van der Waals surface area (Å²) >= 11 is 0. The number of imidazole rings is 1. The maximum atomic E-state index is 10.9. The summed E-state index contributed by atoms with van der Waals surface area (Å²) in [5.41, 5.74) is 1.74. The van der Waals surface area contributed by atoms with E-state index in [0.717, 1.165) is 34.2 Å². The molecule has 29 heavy (non-hydrogen) atoms. The third-order valence-electron chi connectivity index (χ3n) is 4.67. The maximum Gasteiger partial charge on any atom is 0.191 e. The summed E-state index contributed by atoms with van der Waals surface area (Å²) in [6.07, 6.45) is 1.81. The Bertz CT molecular complexity index is 957. The molecule has 1 atom stereocenters. The van der Waals surface area contributed by atoms with Crippen molar-refractivity contribution in [1.29, 1.82) is 0 Å². The number of aliphatic hydroxyl groups is 1. The van der Waals surface area contributed by atoms with Gasteiger partial charge in [0.2, 0.25) is 0 Å². The predicted octanol–water partition coefficient (Wildman–Crippen LogP) is 3.25. The molecule has 0 aliphatic rings. The van der Waals surface area contributed by atoms with Crippen LogP contribution < -0.4 is 10.6 Å². The van der Waals surface area contributed by atoms with Crippen LogP contribution in [0.25, 0.3) is 11.3 Å². The molecular formula is C22H29N5O2. The van der Waals surface area contributed by atoms with E-state index in [1.54, 1.807) is 6.92 Å². The fourth-order valence-electron chi connectivity index (χ4n) is 3.22. The maximum absolute atomic E-state index is 10.9. The first-order valence-corrected chi connectivity index (χ1v) is 9.80. The molecule has 1 aromatic carbocycles. The van der Waals surface area contributed by atoms with Crippen LogP contribution in [0.2, 0.25) is 0 Å². The molecule has 0 aliphatic carbocycles. The molecule has 0 aliphatic heterocycles. The van der Waals surface area contributed by atoms with Gasteiger partial charge in [0.05, 0.1) is 18.4 Å². The molecule has 1 unspecified atom stereocenters. The van der Waals surface area contributed by atoms with Crippen molar-refractivity contribution < 1.29 is 9.52 Å². The van der Waals surface area contributed by atoms with Gasteiger partial charge in [-0.05, 0) is 39.3 Å². The minimum absolute atomic E-state index is 0.298. The minimum atomic E-state index is -1.08. The predicted molar refractivity (Wildman–Crippen MR) is 115 cm³/mol. The molecule has 3 rings (SSSR count). The summed E-state index contributed by atoms with van der Waals surface area (Å²) in [7, 11) is 0. The number of hydrogen-bond donors (Lipinski definition) is 4. The average Bonchev–Trinajstić information content (AvgIpc) is 3.31. The average molecular weight is 396 g/mol. The van der Waals surface area contributed by atoms with Gasteiger partial charge >= 0.3 is 0 Å². The Morgan fingerprint density at radius 2 is 2.00 bits per heavy atom. The fraction of sp³-hybridized carbons (Fsp3) is 0.364. The first-order valence-electron chi connectivity index (χ1n) is 9.80. The lowest BCUT2D eigenvalue weighted by atomic mass is 9.96. The molecule has 2 aromatic heterocycles. The van der Waals surface area contributed by atoms with E-state index in [0.29, 0.717) is 25.6 Å². The van der Waals surface area contributed by atoms with Crippen molar-refractivity contribution in [3.8, 4) is 11.3 Å². The summed E-state index contributed by atoms with van der Waals surface area (Å²) in [6, 6.07) is 11.9. The Hall–Kier alpha value is -3.06. The lowest BCUT2D eigenvalue weighted by Crippen LogP contribution is -2.44. The van der Waals surface area contributed by atoms with Crippen LogP contribution in [0.15, 0.2) is 52.0 Å². The molecule has 7 heteroatoms. The first-order chi connectivity index (χ1) is 13.9. The zero-order chi connectivity index (χ0) is 20.9. The summed E-state index contributed by atoms with van der Waals surface area (Å²) in [5.74, 6) is 2.89. The molecule has 4 N–H and O–H groups in total. The monoisotopic (exact) mass is 395 g/mol. The first kappa shape index (κ1) is 20.7. The number of nitrogens with one attached hydrogen (secondary N) is 3. The lowest BCUT2D eigenvalue weighted by molar-refractivity contribution is 0.0601. The Balaban J connectivity index is 1.66. The molecule has 0 bridgehead atoms. The van der Waals surface area contributed by atoms with E-state index in [4.69, 9.17) is 4.42 Å². The number of aryl methyl sites for hydroxylation is 2. The zero-order valence-corrected chi connectivity index (χ0v) is 17.4. The fourth-order valence-corrected chi connectivity index (χ4v) is 3.22. The van der Waals surface area contributed by atoms with Crippen LogP contribution in [0.1, 0.15) is 36.8 Å². The summed E-state index contributed by atoms with van der Waals surface area (Å²) < 4.78 is 5.55. The minimum Gasteiger partial charge on any atom is -0.466 e. The number of guanidine groups is 1. The van der Waals surface area contributed by atoms with E-state index in [1.807, 2.05) is 63.4 Å². The van der Waals surface area contributed by atoms with Crippen molar-refractivity contribution in [1.82, 2.24) is 20.6 Å². The third kappa shape index (κ3) is 5.26. The van der Waals surface area contributed by atoms with E-state index in [-0.39, 0.29) is 0 Å². The molecule has 0 amide bonds. The van der Waals surface area contributed by atoms with Gasteiger partial charge in [-0.25, -0.2) is 9.98 Å². The van der Waals surface area contributed by atoms with Crippen molar-refractivity contribution in [2.75, 3.05) is 13.1 Å². The molecular weight excluding hydrogens is 366 g/mol. The number of aromatic nitrogens is 2. The Morgan fingerprint density at radius 3 is 2.66 bits per heavy atom. The topological polar surface area (TPSA) is 98.5 Å². The van der Waals surface area contributed by atoms with Crippen molar-refractivity contribution in [2.45, 2.75) is 39.8 Å². The number of nitrogens with zero attached hydrogens (tertiary/aromatic N) is 2. The van der Waals surface area contributed by atoms with Crippen LogP contribution >= 0.6 is 0 Å². The summed E-state index contributed by atoms with van der Waals surface area (Å²) in [5, 5.41) is 17.3. The van der Waals surface area contributed by atoms with Crippen molar-refractivity contribution in [3.05, 3.63) is 65.5 Å². The van der Waals surface area contributed by atoms with Gasteiger partial charge in [-0.15, -0.1) is 0 Å². The number of benzene rings is 1. The van der Waals surface area contributed by atoms with Gasteiger partial charge in [0, 0.05) is 12.1 Å². The van der Waals surface area contributed by atoms with E-state index >= 15 is 0 Å². The molecule has 7 nitrogen and oxygen atoms in total. The molecule has 0 saturated carbocycles. The number of aromatic amines is 1. The number of H-pyrrole nitrogens is 1. The standard InChI is InChI=1S/C22H29N5O2/c1-5-23-21(26-14-22(4,28)18-11-15(2)29-16(18)3)25-13-20-24-12-19(27-20)17-9-7-6-8-10-17/h6-12,28H,5,13-14H2,1-4H3,(H,24,27)(H2,23,25,26). The van der Waals surface area contributed by atoms with Crippen LogP contribution in [-0.4, -0.2) is 34.1 Å². The quantitative estimate of drug-likeness (QED) is 0.364. The van der Waals surface area contributed by atoms with Gasteiger partial charge in [0.1, 0.15) is 29.5 Å². The zero-order valence-electron chi connectivity index (χ0n) is 17.4. The highest BCUT2D eigenvalue weighted by molar-refractivity contribution is 5.79. The largest absolute Gasteiger partial charge is 0.466 e. The second-order valence-corrected chi connectivity index (χ2v) is 7.26. The van der Waals surface area contributed by atoms with Gasteiger partial charge in [-0.3, -0.25) is 0 Å². The van der Waals surface area contributed by atoms with Gasteiger partial charge < -0.3 is 25.1 Å². The third-order valence-corrected chi connectivity index (χ3v) is 4.67. The number of furan rings is 1. The highest BCUT2D eigenvalue weighted by atomic mass is 16.3.